The number of nitrogens with zero attached hydrogens (tertiary/aromatic N) is 4. The van der Waals surface area contributed by atoms with Crippen molar-refractivity contribution in [2.75, 3.05) is 40.3 Å². The number of unbranched alkanes of at least 4 members (excludes halogenated alkanes) is 5. The summed E-state index contributed by atoms with van der Waals surface area (Å²) in [5, 5.41) is 11.9. The number of hydrogen-bond donors (Lipinski definition) is 4. The molecule has 14 nitrogen and oxygen atoms in total. The van der Waals surface area contributed by atoms with Gasteiger partial charge in [-0.3, -0.25) is 28.8 Å². The zero-order chi connectivity index (χ0) is 52.5. The molecule has 0 radical (unpaired) electrons. The first-order valence-electron chi connectivity index (χ1n) is 26.4. The van der Waals surface area contributed by atoms with Crippen LogP contribution >= 0.6 is 0 Å². The summed E-state index contributed by atoms with van der Waals surface area (Å²) < 4.78 is 13.7. The van der Waals surface area contributed by atoms with Crippen LogP contribution in [0.3, 0.4) is 0 Å². The number of amides is 6. The summed E-state index contributed by atoms with van der Waals surface area (Å²) in [6.07, 6.45) is 8.87. The summed E-state index contributed by atoms with van der Waals surface area (Å²) in [6, 6.07) is 12.7. The minimum Gasteiger partial charge on any atom is -0.342 e. The first-order valence-corrected chi connectivity index (χ1v) is 26.4. The maximum absolute atomic E-state index is 14.2. The van der Waals surface area contributed by atoms with E-state index in [-0.39, 0.29) is 47.5 Å². The first kappa shape index (κ1) is 58.7. The Balaban J connectivity index is 1.34. The number of halogens is 1. The summed E-state index contributed by atoms with van der Waals surface area (Å²) in [5.41, 5.74) is 2.48. The van der Waals surface area contributed by atoms with Crippen LogP contribution in [0.15, 0.2) is 48.5 Å². The number of benzene rings is 2. The third kappa shape index (κ3) is 18.0. The van der Waals surface area contributed by atoms with Gasteiger partial charge in [0.2, 0.25) is 35.4 Å². The van der Waals surface area contributed by atoms with Crippen LogP contribution in [-0.4, -0.2) is 132 Å². The Bertz CT molecular complexity index is 2070. The molecule has 2 aliphatic heterocycles. The highest BCUT2D eigenvalue weighted by Gasteiger charge is 2.42. The lowest BCUT2D eigenvalue weighted by molar-refractivity contribution is -0.142. The molecule has 396 valence electrons. The third-order valence-electron chi connectivity index (χ3n) is 14.3. The standard InChI is InChI=1S/C56H89FN8O6/c1-39-22-18-24-43(32-39)35-62(37-45-26-20-30-64(45)53(70)49(55(4,5)6)60-51(68)40(2)58-10)47(66)28-16-14-12-13-15-17-29-48(67)63(36-44-25-19-23-42(33-44)34-57)38-46-27-21-31-65(46)54(71)50(56(7,8)9)61-52(69)41(3)59-11/h18-19,22-25,32-33,40-41,45-46,49-50,58-59H,12-17,20-21,26-31,34-38H2,1-11H3,(H,60,68)(H,61,69)/t40-,41-,45-,46-,49+,50+/m0/s1. The molecule has 0 unspecified atom stereocenters. The second-order valence-corrected chi connectivity index (χ2v) is 22.4. The van der Waals surface area contributed by atoms with Crippen molar-refractivity contribution in [1.29, 1.82) is 0 Å². The molecule has 2 saturated heterocycles. The minimum absolute atomic E-state index is 0.0117. The maximum Gasteiger partial charge on any atom is 0.246 e. The molecule has 2 fully saturated rings. The molecule has 15 heteroatoms. The number of likely N-dealkylation sites (N-methyl/N-ethyl adjacent to an activating group) is 2. The number of nitrogens with one attached hydrogen (secondary N) is 4. The first-order chi connectivity index (χ1) is 33.6. The summed E-state index contributed by atoms with van der Waals surface area (Å²) >= 11 is 0. The fraction of sp³-hybridized carbons (Fsp3) is 0.679. The van der Waals surface area contributed by atoms with Crippen molar-refractivity contribution < 1.29 is 33.2 Å². The molecule has 0 spiro atoms. The molecule has 2 heterocycles. The highest BCUT2D eigenvalue weighted by molar-refractivity contribution is 5.91. The molecule has 6 atom stereocenters. The van der Waals surface area contributed by atoms with Gasteiger partial charge in [0.25, 0.3) is 0 Å². The van der Waals surface area contributed by atoms with Crippen LogP contribution in [0.4, 0.5) is 4.39 Å². The number of rotatable bonds is 26. The van der Waals surface area contributed by atoms with Crippen LogP contribution < -0.4 is 21.3 Å². The normalized spacial score (nSPS) is 17.9. The fourth-order valence-electron chi connectivity index (χ4n) is 9.71. The van der Waals surface area contributed by atoms with Gasteiger partial charge in [-0.1, -0.05) is 121 Å². The van der Waals surface area contributed by atoms with Crippen molar-refractivity contribution in [3.05, 3.63) is 70.8 Å². The number of aryl methyl sites for hydroxylation is 1. The zero-order valence-electron chi connectivity index (χ0n) is 45.1. The molecule has 6 amide bonds. The molecule has 71 heavy (non-hydrogen) atoms. The van der Waals surface area contributed by atoms with Crippen molar-refractivity contribution in [3.8, 4) is 0 Å². The summed E-state index contributed by atoms with van der Waals surface area (Å²) in [5.74, 6) is -0.692. The number of alkyl halides is 1. The molecule has 0 bridgehead atoms. The highest BCUT2D eigenvalue weighted by atomic mass is 19.1. The van der Waals surface area contributed by atoms with Crippen LogP contribution in [0.25, 0.3) is 0 Å². The van der Waals surface area contributed by atoms with Gasteiger partial charge < -0.3 is 40.9 Å². The van der Waals surface area contributed by atoms with Crippen LogP contribution in [0.5, 0.6) is 0 Å². The Labute approximate surface area is 425 Å². The van der Waals surface area contributed by atoms with Crippen molar-refractivity contribution in [2.24, 2.45) is 10.8 Å². The summed E-state index contributed by atoms with van der Waals surface area (Å²) in [6.45, 7) is 19.3. The Hall–Kier alpha value is -4.89. The Kier molecular flexibility index (Phi) is 23.0. The van der Waals surface area contributed by atoms with Crippen molar-refractivity contribution >= 4 is 35.4 Å². The van der Waals surface area contributed by atoms with E-state index in [2.05, 4.69) is 27.3 Å². The fourth-order valence-corrected chi connectivity index (χ4v) is 9.71. The molecule has 2 aliphatic rings. The lowest BCUT2D eigenvalue weighted by atomic mass is 9.85. The second-order valence-electron chi connectivity index (χ2n) is 22.4. The van der Waals surface area contributed by atoms with E-state index in [1.54, 1.807) is 40.1 Å². The van der Waals surface area contributed by atoms with Gasteiger partial charge in [-0.25, -0.2) is 4.39 Å². The van der Waals surface area contributed by atoms with Crippen molar-refractivity contribution in [2.45, 2.75) is 195 Å². The van der Waals surface area contributed by atoms with E-state index in [0.717, 1.165) is 74.5 Å². The SMILES string of the molecule is CN[C@@H](C)C(=O)N[C@H](C(=O)N1CCC[C@H]1CN(Cc1cccc(C)c1)C(=O)CCCCCCCCC(=O)N(Cc1cccc(CF)c1)C[C@@H]1CCCN1C(=O)[C@@H](NC(=O)[C@H](C)NC)C(C)(C)C)C(C)(C)C. The molecule has 0 aliphatic carbocycles. The highest BCUT2D eigenvalue weighted by Crippen LogP contribution is 2.29. The van der Waals surface area contributed by atoms with Gasteiger partial charge >= 0.3 is 0 Å². The molecular formula is C56H89FN8O6. The number of carbonyl (C=O) groups is 6. The molecule has 0 saturated carbocycles. The molecule has 4 rings (SSSR count). The van der Waals surface area contributed by atoms with E-state index in [1.165, 1.54) is 0 Å². The predicted octanol–water partition coefficient (Wildman–Crippen LogP) is 7.20. The lowest BCUT2D eigenvalue weighted by Crippen LogP contribution is -2.59. The van der Waals surface area contributed by atoms with Gasteiger partial charge in [0.05, 0.1) is 12.1 Å². The van der Waals surface area contributed by atoms with Gasteiger partial charge in [0.1, 0.15) is 18.8 Å². The van der Waals surface area contributed by atoms with Crippen LogP contribution in [0.1, 0.15) is 155 Å². The zero-order valence-corrected chi connectivity index (χ0v) is 45.1. The average Bonchev–Trinajstić information content (AvgIpc) is 4.00. The summed E-state index contributed by atoms with van der Waals surface area (Å²) in [7, 11) is 3.42. The molecule has 2 aromatic rings. The Morgan fingerprint density at radius 1 is 0.620 bits per heavy atom. The second kappa shape index (κ2) is 27.8. The third-order valence-corrected chi connectivity index (χ3v) is 14.3. The van der Waals surface area contributed by atoms with Crippen LogP contribution in [-0.2, 0) is 48.5 Å². The van der Waals surface area contributed by atoms with Gasteiger partial charge in [-0.2, -0.15) is 0 Å². The quantitative estimate of drug-likeness (QED) is 0.0720. The van der Waals surface area contributed by atoms with Gasteiger partial charge in [0.15, 0.2) is 0 Å². The van der Waals surface area contributed by atoms with Gasteiger partial charge in [-0.15, -0.1) is 0 Å². The van der Waals surface area contributed by atoms with Crippen LogP contribution in [0, 0.1) is 17.8 Å². The average molecular weight is 989 g/mol. The topological polar surface area (TPSA) is 163 Å². The molecule has 4 N–H and O–H groups in total. The maximum atomic E-state index is 14.2. The van der Waals surface area contributed by atoms with E-state index in [4.69, 9.17) is 0 Å². The van der Waals surface area contributed by atoms with Crippen molar-refractivity contribution in [3.63, 3.8) is 0 Å². The van der Waals surface area contributed by atoms with E-state index < -0.39 is 41.7 Å². The van der Waals surface area contributed by atoms with E-state index >= 15 is 0 Å². The Morgan fingerprint density at radius 3 is 1.41 bits per heavy atom. The lowest BCUT2D eigenvalue weighted by Gasteiger charge is -2.37. The van der Waals surface area contributed by atoms with Crippen molar-refractivity contribution in [1.82, 2.24) is 40.9 Å². The molecular weight excluding hydrogens is 900 g/mol. The summed E-state index contributed by atoms with van der Waals surface area (Å²) in [4.78, 5) is 90.0. The van der Waals surface area contributed by atoms with E-state index in [1.807, 2.05) is 98.4 Å². The molecule has 0 aromatic heterocycles. The largest absolute Gasteiger partial charge is 0.342 e. The van der Waals surface area contributed by atoms with E-state index in [0.29, 0.717) is 64.1 Å². The molecule has 2 aromatic carbocycles. The number of hydrogen-bond acceptors (Lipinski definition) is 8. The number of likely N-dealkylation sites (tertiary alicyclic amines) is 2. The predicted molar refractivity (Wildman–Crippen MR) is 279 cm³/mol. The van der Waals surface area contributed by atoms with E-state index in [9.17, 15) is 33.2 Å². The van der Waals surface area contributed by atoms with Gasteiger partial charge in [0, 0.05) is 64.2 Å². The monoisotopic (exact) mass is 989 g/mol. The smallest absolute Gasteiger partial charge is 0.246 e. The number of carbonyl (C=O) groups excluding carboxylic acids is 6. The van der Waals surface area contributed by atoms with Crippen LogP contribution in [0.2, 0.25) is 0 Å². The Morgan fingerprint density at radius 2 is 1.01 bits per heavy atom. The van der Waals surface area contributed by atoms with Gasteiger partial charge in [-0.05, 0) is 101 Å². The minimum atomic E-state index is -0.741.